The molecule has 1 fully saturated rings. The molecule has 0 aliphatic carbocycles. The molecule has 38 heavy (non-hydrogen) atoms. The van der Waals surface area contributed by atoms with Crippen molar-refractivity contribution in [1.82, 2.24) is 10.3 Å². The van der Waals surface area contributed by atoms with E-state index in [1.807, 2.05) is 6.92 Å². The zero-order valence-electron chi connectivity index (χ0n) is 21.9. The van der Waals surface area contributed by atoms with Gasteiger partial charge in [0.2, 0.25) is 0 Å². The number of hydrogen-bond donors (Lipinski definition) is 2. The number of alkyl halides is 3. The number of esters is 1. The van der Waals surface area contributed by atoms with Crippen molar-refractivity contribution >= 4 is 11.9 Å². The average molecular weight is 537 g/mol. The second kappa shape index (κ2) is 13.0. The predicted molar refractivity (Wildman–Crippen MR) is 135 cm³/mol. The summed E-state index contributed by atoms with van der Waals surface area (Å²) < 4.78 is 49.9. The Labute approximate surface area is 220 Å². The maximum absolute atomic E-state index is 13.1. The SMILES string of the molecule is CCCC[C@@H]1[C@@H](Cc2ccc(C(F)(F)F)cc2)CCC[C@H](NC(=O)c2nccc(OC)c2O)C(=O)O[C@H]1C. The normalized spacial score (nSPS) is 22.5. The van der Waals surface area contributed by atoms with E-state index < -0.39 is 41.5 Å². The van der Waals surface area contributed by atoms with E-state index in [1.54, 1.807) is 0 Å². The third-order valence-corrected chi connectivity index (χ3v) is 7.16. The van der Waals surface area contributed by atoms with Crippen molar-refractivity contribution in [2.45, 2.75) is 77.1 Å². The van der Waals surface area contributed by atoms with Crippen LogP contribution in [0.3, 0.4) is 0 Å². The Hall–Kier alpha value is -3.30. The van der Waals surface area contributed by atoms with Crippen LogP contribution in [0.5, 0.6) is 11.5 Å². The Morgan fingerprint density at radius 1 is 1.21 bits per heavy atom. The fourth-order valence-electron chi connectivity index (χ4n) is 5.07. The molecule has 0 bridgehead atoms. The Morgan fingerprint density at radius 3 is 2.55 bits per heavy atom. The first-order valence-corrected chi connectivity index (χ1v) is 12.9. The minimum Gasteiger partial charge on any atom is -0.503 e. The summed E-state index contributed by atoms with van der Waals surface area (Å²) in [5.74, 6) is -1.53. The highest BCUT2D eigenvalue weighted by molar-refractivity contribution is 5.97. The van der Waals surface area contributed by atoms with Gasteiger partial charge in [-0.1, -0.05) is 38.3 Å². The number of unbranched alkanes of at least 4 members (excludes halogenated alkanes) is 1. The number of carbonyl (C=O) groups excluding carboxylic acids is 2. The van der Waals surface area contributed by atoms with Gasteiger partial charge in [-0.15, -0.1) is 0 Å². The van der Waals surface area contributed by atoms with Gasteiger partial charge in [0.1, 0.15) is 12.1 Å². The summed E-state index contributed by atoms with van der Waals surface area (Å²) in [5, 5.41) is 12.9. The van der Waals surface area contributed by atoms with Crippen LogP contribution in [0.4, 0.5) is 13.2 Å². The number of methoxy groups -OCH3 is 1. The van der Waals surface area contributed by atoms with Crippen LogP contribution in [0.15, 0.2) is 36.5 Å². The Balaban J connectivity index is 1.78. The summed E-state index contributed by atoms with van der Waals surface area (Å²) in [7, 11) is 1.35. The van der Waals surface area contributed by atoms with E-state index in [1.165, 1.54) is 31.5 Å². The summed E-state index contributed by atoms with van der Waals surface area (Å²) in [6.45, 7) is 3.90. The molecule has 4 atom stereocenters. The highest BCUT2D eigenvalue weighted by atomic mass is 19.4. The number of ether oxygens (including phenoxy) is 2. The number of cyclic esters (lactones) is 1. The molecule has 0 saturated carbocycles. The maximum atomic E-state index is 13.1. The Morgan fingerprint density at radius 2 is 1.92 bits per heavy atom. The molecule has 3 rings (SSSR count). The largest absolute Gasteiger partial charge is 0.503 e. The minimum absolute atomic E-state index is 0.0136. The van der Waals surface area contributed by atoms with Crippen LogP contribution in [0, 0.1) is 11.8 Å². The first kappa shape index (κ1) is 29.3. The van der Waals surface area contributed by atoms with Crippen molar-refractivity contribution in [2.24, 2.45) is 11.8 Å². The molecule has 1 saturated heterocycles. The number of halogens is 3. The molecule has 208 valence electrons. The van der Waals surface area contributed by atoms with E-state index in [9.17, 15) is 27.9 Å². The fourth-order valence-corrected chi connectivity index (χ4v) is 5.07. The van der Waals surface area contributed by atoms with Crippen molar-refractivity contribution in [1.29, 1.82) is 0 Å². The molecule has 0 radical (unpaired) electrons. The van der Waals surface area contributed by atoms with Crippen molar-refractivity contribution in [3.05, 3.63) is 53.3 Å². The standard InChI is InChI=1S/C28H35F3N2O5/c1-4-5-8-21-17(2)38-27(36)22(33-26(35)24-25(34)23(37-3)14-15-32-24)9-6-7-19(21)16-18-10-12-20(13-11-18)28(29,30)31/h10-15,17,19,21-22,34H,4-9,16H2,1-3H3,(H,33,35)/t17-,19+,21-,22-/m0/s1. The van der Waals surface area contributed by atoms with E-state index in [0.29, 0.717) is 25.7 Å². The Bertz CT molecular complexity index is 1090. The second-order valence-corrected chi connectivity index (χ2v) is 9.77. The van der Waals surface area contributed by atoms with Crippen LogP contribution in [0.1, 0.15) is 74.0 Å². The van der Waals surface area contributed by atoms with Gasteiger partial charge in [-0.3, -0.25) is 4.79 Å². The van der Waals surface area contributed by atoms with Crippen LogP contribution in [0.2, 0.25) is 0 Å². The van der Waals surface area contributed by atoms with Crippen molar-refractivity contribution in [2.75, 3.05) is 7.11 Å². The molecule has 2 aromatic rings. The molecule has 0 spiro atoms. The van der Waals surface area contributed by atoms with Gasteiger partial charge in [-0.05, 0) is 62.1 Å². The number of hydrogen-bond acceptors (Lipinski definition) is 6. The maximum Gasteiger partial charge on any atom is 0.416 e. The first-order chi connectivity index (χ1) is 18.0. The molecule has 0 unspecified atom stereocenters. The molecule has 10 heteroatoms. The summed E-state index contributed by atoms with van der Waals surface area (Å²) in [6.07, 6.45) is 1.37. The lowest BCUT2D eigenvalue weighted by Gasteiger charge is -2.31. The van der Waals surface area contributed by atoms with Crippen LogP contribution in [-0.2, 0) is 22.1 Å². The molecular formula is C28H35F3N2O5. The van der Waals surface area contributed by atoms with Crippen molar-refractivity contribution in [3.8, 4) is 11.5 Å². The van der Waals surface area contributed by atoms with Crippen LogP contribution >= 0.6 is 0 Å². The fraction of sp³-hybridized carbons (Fsp3) is 0.536. The van der Waals surface area contributed by atoms with Gasteiger partial charge in [-0.25, -0.2) is 9.78 Å². The van der Waals surface area contributed by atoms with E-state index in [4.69, 9.17) is 9.47 Å². The lowest BCUT2D eigenvalue weighted by molar-refractivity contribution is -0.154. The molecule has 1 amide bonds. The quantitative estimate of drug-likeness (QED) is 0.421. The van der Waals surface area contributed by atoms with Gasteiger partial charge in [0.25, 0.3) is 5.91 Å². The van der Waals surface area contributed by atoms with E-state index >= 15 is 0 Å². The van der Waals surface area contributed by atoms with Crippen molar-refractivity contribution in [3.63, 3.8) is 0 Å². The van der Waals surface area contributed by atoms with Crippen LogP contribution < -0.4 is 10.1 Å². The lowest BCUT2D eigenvalue weighted by atomic mass is 9.78. The number of nitrogens with zero attached hydrogens (tertiary/aromatic N) is 1. The first-order valence-electron chi connectivity index (χ1n) is 12.9. The van der Waals surface area contributed by atoms with Gasteiger partial charge in [0.05, 0.1) is 12.7 Å². The third-order valence-electron chi connectivity index (χ3n) is 7.16. The molecule has 1 aromatic heterocycles. The molecule has 2 N–H and O–H groups in total. The highest BCUT2D eigenvalue weighted by Gasteiger charge is 2.35. The average Bonchev–Trinajstić information content (AvgIpc) is 2.92. The second-order valence-electron chi connectivity index (χ2n) is 9.77. The Kier molecular flexibility index (Phi) is 9.99. The van der Waals surface area contributed by atoms with E-state index in [0.717, 1.165) is 37.0 Å². The van der Waals surface area contributed by atoms with Gasteiger partial charge >= 0.3 is 12.1 Å². The number of benzene rings is 1. The summed E-state index contributed by atoms with van der Waals surface area (Å²) in [4.78, 5) is 29.8. The topological polar surface area (TPSA) is 97.8 Å². The van der Waals surface area contributed by atoms with Crippen LogP contribution in [0.25, 0.3) is 0 Å². The van der Waals surface area contributed by atoms with Gasteiger partial charge in [-0.2, -0.15) is 13.2 Å². The number of rotatable bonds is 8. The summed E-state index contributed by atoms with van der Waals surface area (Å²) in [5.41, 5.74) is -0.145. The molecule has 1 aliphatic rings. The molecular weight excluding hydrogens is 501 g/mol. The lowest BCUT2D eigenvalue weighted by Crippen LogP contribution is -2.43. The number of carbonyl (C=O) groups is 2. The number of amides is 1. The van der Waals surface area contributed by atoms with Crippen molar-refractivity contribution < 1.29 is 37.3 Å². The molecule has 2 heterocycles. The van der Waals surface area contributed by atoms with Gasteiger partial charge in [0.15, 0.2) is 17.2 Å². The zero-order chi connectivity index (χ0) is 27.9. The monoisotopic (exact) mass is 536 g/mol. The van der Waals surface area contributed by atoms with Gasteiger partial charge < -0.3 is 19.9 Å². The molecule has 1 aromatic carbocycles. The summed E-state index contributed by atoms with van der Waals surface area (Å²) in [6, 6.07) is 5.70. The van der Waals surface area contributed by atoms with Gasteiger partial charge in [0, 0.05) is 12.3 Å². The molecule has 1 aliphatic heterocycles. The number of aromatic hydroxyl groups is 1. The summed E-state index contributed by atoms with van der Waals surface area (Å²) >= 11 is 0. The number of nitrogens with one attached hydrogen (secondary N) is 1. The zero-order valence-corrected chi connectivity index (χ0v) is 21.9. The number of pyridine rings is 1. The smallest absolute Gasteiger partial charge is 0.416 e. The highest BCUT2D eigenvalue weighted by Crippen LogP contribution is 2.35. The third kappa shape index (κ3) is 7.39. The van der Waals surface area contributed by atoms with E-state index in [2.05, 4.69) is 17.2 Å². The molecule has 7 nitrogen and oxygen atoms in total. The minimum atomic E-state index is -4.39. The number of aromatic nitrogens is 1. The van der Waals surface area contributed by atoms with E-state index in [-0.39, 0.29) is 23.3 Å². The predicted octanol–water partition coefficient (Wildman–Crippen LogP) is 5.69. The van der Waals surface area contributed by atoms with Crippen LogP contribution in [-0.4, -0.2) is 41.2 Å².